The molecule has 4 nitrogen and oxygen atoms in total. The van der Waals surface area contributed by atoms with Crippen molar-refractivity contribution in [2.45, 2.75) is 70.3 Å². The van der Waals surface area contributed by atoms with Gasteiger partial charge >= 0.3 is 12.3 Å². The molecule has 2 aliphatic heterocycles. The van der Waals surface area contributed by atoms with Crippen LogP contribution in [0.2, 0.25) is 5.02 Å². The van der Waals surface area contributed by atoms with E-state index in [1.807, 2.05) is 20.8 Å². The Morgan fingerprint density at radius 1 is 1.32 bits per heavy atom. The van der Waals surface area contributed by atoms with Gasteiger partial charge < -0.3 is 9.84 Å². The highest BCUT2D eigenvalue weighted by molar-refractivity contribution is 6.31. The number of ether oxygens (including phenoxy) is 1. The number of hydrogen-bond acceptors (Lipinski definition) is 2. The topological polar surface area (TPSA) is 49.8 Å². The number of benzene rings is 1. The van der Waals surface area contributed by atoms with Crippen molar-refractivity contribution < 1.29 is 32.2 Å². The lowest BCUT2D eigenvalue weighted by molar-refractivity contribution is -0.137. The van der Waals surface area contributed by atoms with Gasteiger partial charge in [0.2, 0.25) is 0 Å². The molecule has 2 heterocycles. The highest BCUT2D eigenvalue weighted by atomic mass is 35.5. The van der Waals surface area contributed by atoms with Crippen molar-refractivity contribution in [3.05, 3.63) is 28.5 Å². The number of fused-ring (bicyclic) bond motifs is 2. The van der Waals surface area contributed by atoms with Crippen LogP contribution in [0.5, 0.6) is 5.75 Å². The number of carboxylic acid groups (broad SMARTS) is 1. The SMILES string of the molecule is CC(C)(C)C12CC[C@H](CC(Oc3cc(C(F)(F)F)cc(Cl)c3F)C1)N2C(=O)O. The number of piperidine rings is 1. The maximum atomic E-state index is 14.3. The van der Waals surface area contributed by atoms with E-state index in [0.29, 0.717) is 25.0 Å². The van der Waals surface area contributed by atoms with Gasteiger partial charge in [0.25, 0.3) is 0 Å². The number of alkyl halides is 3. The van der Waals surface area contributed by atoms with Crippen molar-refractivity contribution >= 4 is 17.7 Å². The summed E-state index contributed by atoms with van der Waals surface area (Å²) in [7, 11) is 0. The molecule has 2 aliphatic rings. The highest BCUT2D eigenvalue weighted by Gasteiger charge is 2.59. The molecular formula is C19H22ClF4NO3. The zero-order chi connectivity index (χ0) is 21.1. The Morgan fingerprint density at radius 3 is 2.50 bits per heavy atom. The first kappa shape index (κ1) is 21.0. The number of amides is 1. The first-order chi connectivity index (χ1) is 12.8. The van der Waals surface area contributed by atoms with Crippen molar-refractivity contribution in [3.63, 3.8) is 0 Å². The van der Waals surface area contributed by atoms with Gasteiger partial charge in [0.05, 0.1) is 16.1 Å². The van der Waals surface area contributed by atoms with Gasteiger partial charge in [0.15, 0.2) is 11.6 Å². The Hall–Kier alpha value is -1.70. The molecule has 2 unspecified atom stereocenters. The second-order valence-electron chi connectivity index (χ2n) is 8.57. The van der Waals surface area contributed by atoms with E-state index in [0.717, 1.165) is 0 Å². The molecule has 1 aromatic rings. The summed E-state index contributed by atoms with van der Waals surface area (Å²) in [5.41, 5.74) is -2.24. The van der Waals surface area contributed by atoms with Crippen LogP contribution in [0.4, 0.5) is 22.4 Å². The summed E-state index contributed by atoms with van der Waals surface area (Å²) in [4.78, 5) is 13.3. The Kier molecular flexibility index (Phi) is 5.01. The lowest BCUT2D eigenvalue weighted by atomic mass is 9.68. The molecule has 9 heteroatoms. The summed E-state index contributed by atoms with van der Waals surface area (Å²) in [6, 6.07) is 0.813. The molecule has 2 bridgehead atoms. The molecule has 156 valence electrons. The lowest BCUT2D eigenvalue weighted by Gasteiger charge is -2.53. The minimum absolute atomic E-state index is 0.270. The minimum atomic E-state index is -4.69. The molecule has 0 radical (unpaired) electrons. The summed E-state index contributed by atoms with van der Waals surface area (Å²) in [6.45, 7) is 5.78. The molecule has 0 aliphatic carbocycles. The van der Waals surface area contributed by atoms with Crippen LogP contribution in [0, 0.1) is 11.2 Å². The maximum Gasteiger partial charge on any atom is 0.416 e. The van der Waals surface area contributed by atoms with Gasteiger partial charge in [0.1, 0.15) is 6.10 Å². The van der Waals surface area contributed by atoms with Crippen LogP contribution in [0.1, 0.15) is 52.0 Å². The summed E-state index contributed by atoms with van der Waals surface area (Å²) >= 11 is 5.64. The average molecular weight is 424 g/mol. The van der Waals surface area contributed by atoms with Crippen molar-refractivity contribution in [3.8, 4) is 5.75 Å². The van der Waals surface area contributed by atoms with Crippen LogP contribution >= 0.6 is 11.6 Å². The lowest BCUT2D eigenvalue weighted by Crippen LogP contribution is -2.62. The van der Waals surface area contributed by atoms with E-state index >= 15 is 0 Å². The third kappa shape index (κ3) is 3.40. The molecular weight excluding hydrogens is 402 g/mol. The van der Waals surface area contributed by atoms with Crippen LogP contribution < -0.4 is 4.74 Å². The predicted octanol–water partition coefficient (Wildman–Crippen LogP) is 5.97. The molecule has 1 N–H and O–H groups in total. The average Bonchev–Trinajstić information content (AvgIpc) is 2.80. The molecule has 1 amide bonds. The highest BCUT2D eigenvalue weighted by Crippen LogP contribution is 2.54. The van der Waals surface area contributed by atoms with Crippen LogP contribution in [0.25, 0.3) is 0 Å². The smallest absolute Gasteiger partial charge is 0.416 e. The quantitative estimate of drug-likeness (QED) is 0.596. The molecule has 1 aromatic carbocycles. The van der Waals surface area contributed by atoms with E-state index < -0.39 is 51.5 Å². The summed E-state index contributed by atoms with van der Waals surface area (Å²) in [5.74, 6) is -1.61. The van der Waals surface area contributed by atoms with Gasteiger partial charge in [-0.1, -0.05) is 32.4 Å². The van der Waals surface area contributed by atoms with E-state index in [1.165, 1.54) is 4.90 Å². The third-order valence-corrected chi connectivity index (χ3v) is 6.31. The van der Waals surface area contributed by atoms with Gasteiger partial charge in [-0.3, -0.25) is 4.90 Å². The van der Waals surface area contributed by atoms with Gasteiger partial charge in [-0.15, -0.1) is 0 Å². The van der Waals surface area contributed by atoms with Crippen LogP contribution in [0.15, 0.2) is 12.1 Å². The normalized spacial score (nSPS) is 27.8. The summed E-state index contributed by atoms with van der Waals surface area (Å²) in [5, 5.41) is 9.05. The molecule has 0 saturated carbocycles. The fourth-order valence-electron chi connectivity index (χ4n) is 4.66. The van der Waals surface area contributed by atoms with E-state index in [9.17, 15) is 27.5 Å². The zero-order valence-electron chi connectivity index (χ0n) is 15.7. The molecule has 3 rings (SSSR count). The van der Waals surface area contributed by atoms with Gasteiger partial charge in [-0.2, -0.15) is 13.2 Å². The van der Waals surface area contributed by atoms with Crippen molar-refractivity contribution in [2.24, 2.45) is 5.41 Å². The third-order valence-electron chi connectivity index (χ3n) is 6.04. The number of halogens is 5. The Labute approximate surface area is 165 Å². The molecule has 0 aromatic heterocycles. The Bertz CT molecular complexity index is 793. The molecule has 2 fully saturated rings. The Morgan fingerprint density at radius 2 is 1.96 bits per heavy atom. The fourth-order valence-corrected chi connectivity index (χ4v) is 4.87. The second kappa shape index (κ2) is 6.68. The number of nitrogens with zero attached hydrogens (tertiary/aromatic N) is 1. The molecule has 28 heavy (non-hydrogen) atoms. The van der Waals surface area contributed by atoms with Gasteiger partial charge in [-0.25, -0.2) is 9.18 Å². The molecule has 2 saturated heterocycles. The number of rotatable bonds is 2. The van der Waals surface area contributed by atoms with E-state index in [-0.39, 0.29) is 18.9 Å². The molecule has 0 spiro atoms. The zero-order valence-corrected chi connectivity index (χ0v) is 16.5. The standard InChI is InChI=1S/C19H22ClF4NO3/c1-17(2,3)18-5-4-11(25(18)16(26)27)8-12(9-18)28-14-7-10(19(22,23)24)6-13(20)15(14)21/h6-7,11-12H,4-5,8-9H2,1-3H3,(H,26,27)/t11-,12?,18?/m1/s1. The van der Waals surface area contributed by atoms with Crippen molar-refractivity contribution in [1.82, 2.24) is 4.90 Å². The number of hydrogen-bond donors (Lipinski definition) is 1. The first-order valence-corrected chi connectivity index (χ1v) is 9.39. The second-order valence-corrected chi connectivity index (χ2v) is 8.98. The Balaban J connectivity index is 1.94. The van der Waals surface area contributed by atoms with E-state index in [2.05, 4.69) is 0 Å². The van der Waals surface area contributed by atoms with Crippen molar-refractivity contribution in [1.29, 1.82) is 0 Å². The van der Waals surface area contributed by atoms with Gasteiger partial charge in [0, 0.05) is 18.9 Å². The van der Waals surface area contributed by atoms with E-state index in [1.54, 1.807) is 0 Å². The monoisotopic (exact) mass is 423 g/mol. The fraction of sp³-hybridized carbons (Fsp3) is 0.632. The maximum absolute atomic E-state index is 14.3. The number of carbonyl (C=O) groups is 1. The van der Waals surface area contributed by atoms with Crippen LogP contribution in [-0.4, -0.2) is 33.8 Å². The minimum Gasteiger partial charge on any atom is -0.487 e. The summed E-state index contributed by atoms with van der Waals surface area (Å²) in [6.07, 6.45) is -4.51. The van der Waals surface area contributed by atoms with Crippen LogP contribution in [-0.2, 0) is 6.18 Å². The first-order valence-electron chi connectivity index (χ1n) is 9.01. The predicted molar refractivity (Wildman–Crippen MR) is 95.1 cm³/mol. The summed E-state index contributed by atoms with van der Waals surface area (Å²) < 4.78 is 59.1. The molecule has 3 atom stereocenters. The van der Waals surface area contributed by atoms with Crippen molar-refractivity contribution in [2.75, 3.05) is 0 Å². The van der Waals surface area contributed by atoms with E-state index in [4.69, 9.17) is 16.3 Å². The van der Waals surface area contributed by atoms with Gasteiger partial charge in [-0.05, 0) is 30.4 Å². The largest absolute Gasteiger partial charge is 0.487 e. The van der Waals surface area contributed by atoms with Crippen LogP contribution in [0.3, 0.4) is 0 Å².